The minimum Gasteiger partial charge on any atom is -0.330 e. The third kappa shape index (κ3) is 3.32. The lowest BCUT2D eigenvalue weighted by Crippen LogP contribution is -1.99. The summed E-state index contributed by atoms with van der Waals surface area (Å²) in [5.74, 6) is 0. The van der Waals surface area contributed by atoms with Crippen LogP contribution in [0, 0.1) is 0 Å². The average molecular weight is 229 g/mol. The van der Waals surface area contributed by atoms with E-state index >= 15 is 0 Å². The third-order valence-corrected chi connectivity index (χ3v) is 2.18. The molecule has 66 valence electrons. The molecular weight excluding hydrogens is 216 g/mol. The first-order valence-electron chi connectivity index (χ1n) is 4.13. The van der Waals surface area contributed by atoms with Crippen molar-refractivity contribution in [3.05, 3.63) is 28.5 Å². The maximum Gasteiger partial charge on any atom is 0.106 e. The molecule has 2 nitrogen and oxygen atoms in total. The molecule has 12 heavy (non-hydrogen) atoms. The van der Waals surface area contributed by atoms with Crippen LogP contribution in [0.3, 0.4) is 0 Å². The molecular formula is C9H13BrN2. The number of halogens is 1. The lowest BCUT2D eigenvalue weighted by Gasteiger charge is -1.99. The Morgan fingerprint density at radius 3 is 2.75 bits per heavy atom. The second-order valence-corrected chi connectivity index (χ2v) is 3.55. The van der Waals surface area contributed by atoms with E-state index < -0.39 is 0 Å². The monoisotopic (exact) mass is 228 g/mol. The van der Waals surface area contributed by atoms with Crippen molar-refractivity contribution in [1.29, 1.82) is 0 Å². The standard InChI is InChI=1S/C9H13BrN2/c10-9-5-4-8(7-12-9)3-1-2-6-11/h4-5,7H,1-3,6,11H2. The van der Waals surface area contributed by atoms with E-state index in [0.717, 1.165) is 30.4 Å². The summed E-state index contributed by atoms with van der Waals surface area (Å²) < 4.78 is 0.894. The van der Waals surface area contributed by atoms with Crippen molar-refractivity contribution >= 4 is 15.9 Å². The summed E-state index contributed by atoms with van der Waals surface area (Å²) in [6.45, 7) is 0.782. The molecule has 0 amide bonds. The highest BCUT2D eigenvalue weighted by molar-refractivity contribution is 9.10. The Balaban J connectivity index is 2.37. The van der Waals surface area contributed by atoms with Crippen LogP contribution in [-0.4, -0.2) is 11.5 Å². The third-order valence-electron chi connectivity index (χ3n) is 1.71. The maximum atomic E-state index is 5.39. The van der Waals surface area contributed by atoms with E-state index in [1.165, 1.54) is 5.56 Å². The first-order chi connectivity index (χ1) is 5.83. The van der Waals surface area contributed by atoms with Crippen molar-refractivity contribution in [1.82, 2.24) is 4.98 Å². The fraction of sp³-hybridized carbons (Fsp3) is 0.444. The van der Waals surface area contributed by atoms with Gasteiger partial charge >= 0.3 is 0 Å². The van der Waals surface area contributed by atoms with Gasteiger partial charge in [-0.05, 0) is 53.4 Å². The summed E-state index contributed by atoms with van der Waals surface area (Å²) in [5.41, 5.74) is 6.68. The zero-order valence-corrected chi connectivity index (χ0v) is 8.55. The van der Waals surface area contributed by atoms with Crippen LogP contribution in [0.2, 0.25) is 0 Å². The lowest BCUT2D eigenvalue weighted by molar-refractivity contribution is 0.743. The van der Waals surface area contributed by atoms with Gasteiger partial charge in [-0.1, -0.05) is 6.07 Å². The van der Waals surface area contributed by atoms with Crippen LogP contribution in [0.5, 0.6) is 0 Å². The Kier molecular flexibility index (Phi) is 4.25. The van der Waals surface area contributed by atoms with Crippen molar-refractivity contribution in [2.24, 2.45) is 5.73 Å². The molecule has 1 rings (SSSR count). The number of aryl methyl sites for hydroxylation is 1. The van der Waals surface area contributed by atoms with Crippen molar-refractivity contribution in [3.8, 4) is 0 Å². The van der Waals surface area contributed by atoms with Gasteiger partial charge in [-0.15, -0.1) is 0 Å². The number of hydrogen-bond donors (Lipinski definition) is 1. The van der Waals surface area contributed by atoms with Crippen LogP contribution in [-0.2, 0) is 6.42 Å². The number of nitrogens with zero attached hydrogens (tertiary/aromatic N) is 1. The van der Waals surface area contributed by atoms with E-state index in [1.807, 2.05) is 12.3 Å². The molecule has 1 aromatic heterocycles. The van der Waals surface area contributed by atoms with Crippen molar-refractivity contribution in [2.75, 3.05) is 6.54 Å². The second-order valence-electron chi connectivity index (χ2n) is 2.73. The molecule has 0 aliphatic heterocycles. The Labute approximate surface area is 81.3 Å². The summed E-state index contributed by atoms with van der Waals surface area (Å²) in [7, 11) is 0. The van der Waals surface area contributed by atoms with Gasteiger partial charge in [0.25, 0.3) is 0 Å². The molecule has 0 unspecified atom stereocenters. The van der Waals surface area contributed by atoms with E-state index in [9.17, 15) is 0 Å². The van der Waals surface area contributed by atoms with Crippen LogP contribution in [0.4, 0.5) is 0 Å². The van der Waals surface area contributed by atoms with Gasteiger partial charge in [0.1, 0.15) is 4.60 Å². The first-order valence-corrected chi connectivity index (χ1v) is 4.92. The summed E-state index contributed by atoms with van der Waals surface area (Å²) in [5, 5.41) is 0. The van der Waals surface area contributed by atoms with Crippen LogP contribution in [0.1, 0.15) is 18.4 Å². The zero-order valence-electron chi connectivity index (χ0n) is 6.96. The van der Waals surface area contributed by atoms with Crippen LogP contribution >= 0.6 is 15.9 Å². The van der Waals surface area contributed by atoms with Gasteiger partial charge in [-0.3, -0.25) is 0 Å². The number of rotatable bonds is 4. The lowest BCUT2D eigenvalue weighted by atomic mass is 10.1. The van der Waals surface area contributed by atoms with Gasteiger partial charge in [0.2, 0.25) is 0 Å². The van der Waals surface area contributed by atoms with Crippen molar-refractivity contribution in [3.63, 3.8) is 0 Å². The first kappa shape index (κ1) is 9.68. The molecule has 0 bridgehead atoms. The Morgan fingerprint density at radius 1 is 1.33 bits per heavy atom. The number of unbranched alkanes of at least 4 members (excludes halogenated alkanes) is 1. The molecule has 0 fully saturated rings. The molecule has 3 heteroatoms. The van der Waals surface area contributed by atoms with Gasteiger partial charge < -0.3 is 5.73 Å². The highest BCUT2D eigenvalue weighted by atomic mass is 79.9. The Hall–Kier alpha value is -0.410. The van der Waals surface area contributed by atoms with Gasteiger partial charge in [0.05, 0.1) is 0 Å². The van der Waals surface area contributed by atoms with Crippen molar-refractivity contribution in [2.45, 2.75) is 19.3 Å². The van der Waals surface area contributed by atoms with Crippen LogP contribution in [0.25, 0.3) is 0 Å². The van der Waals surface area contributed by atoms with E-state index in [4.69, 9.17) is 5.73 Å². The molecule has 1 aromatic rings. The summed E-state index contributed by atoms with van der Waals surface area (Å²) in [6.07, 6.45) is 5.23. The fourth-order valence-electron chi connectivity index (χ4n) is 1.03. The molecule has 0 saturated carbocycles. The fourth-order valence-corrected chi connectivity index (χ4v) is 1.26. The summed E-state index contributed by atoms with van der Waals surface area (Å²) in [4.78, 5) is 4.14. The molecule has 0 saturated heterocycles. The van der Waals surface area contributed by atoms with Crippen LogP contribution < -0.4 is 5.73 Å². The van der Waals surface area contributed by atoms with E-state index in [1.54, 1.807) is 0 Å². The predicted molar refractivity (Wildman–Crippen MR) is 53.9 cm³/mol. The normalized spacial score (nSPS) is 10.2. The Bertz CT molecular complexity index is 220. The Morgan fingerprint density at radius 2 is 2.17 bits per heavy atom. The van der Waals surface area contributed by atoms with E-state index in [2.05, 4.69) is 27.0 Å². The van der Waals surface area contributed by atoms with Gasteiger partial charge in [-0.2, -0.15) is 0 Å². The molecule has 0 spiro atoms. The van der Waals surface area contributed by atoms with E-state index in [0.29, 0.717) is 0 Å². The second kappa shape index (κ2) is 5.27. The van der Waals surface area contributed by atoms with Gasteiger partial charge in [-0.25, -0.2) is 4.98 Å². The topological polar surface area (TPSA) is 38.9 Å². The number of nitrogens with two attached hydrogens (primary N) is 1. The number of hydrogen-bond acceptors (Lipinski definition) is 2. The quantitative estimate of drug-likeness (QED) is 0.634. The predicted octanol–water partition coefficient (Wildman–Crippen LogP) is 2.13. The zero-order chi connectivity index (χ0) is 8.81. The smallest absolute Gasteiger partial charge is 0.106 e. The van der Waals surface area contributed by atoms with Gasteiger partial charge in [0, 0.05) is 6.20 Å². The van der Waals surface area contributed by atoms with Crippen molar-refractivity contribution < 1.29 is 0 Å². The summed E-state index contributed by atoms with van der Waals surface area (Å²) in [6, 6.07) is 4.06. The van der Waals surface area contributed by atoms with Gasteiger partial charge in [0.15, 0.2) is 0 Å². The average Bonchev–Trinajstić information content (AvgIpc) is 2.09. The largest absolute Gasteiger partial charge is 0.330 e. The highest BCUT2D eigenvalue weighted by Crippen LogP contribution is 2.08. The molecule has 0 aliphatic carbocycles. The molecule has 2 N–H and O–H groups in total. The number of aromatic nitrogens is 1. The van der Waals surface area contributed by atoms with E-state index in [-0.39, 0.29) is 0 Å². The molecule has 0 atom stereocenters. The minimum absolute atomic E-state index is 0.782. The summed E-state index contributed by atoms with van der Waals surface area (Å²) >= 11 is 3.30. The van der Waals surface area contributed by atoms with Crippen LogP contribution in [0.15, 0.2) is 22.9 Å². The molecule has 0 radical (unpaired) electrons. The SMILES string of the molecule is NCCCCc1ccc(Br)nc1. The highest BCUT2D eigenvalue weighted by Gasteiger charge is 1.93. The molecule has 1 heterocycles. The minimum atomic E-state index is 0.782. The molecule has 0 aliphatic rings. The maximum absolute atomic E-state index is 5.39. The molecule has 0 aromatic carbocycles. The number of pyridine rings is 1.